The van der Waals surface area contributed by atoms with Crippen LogP contribution in [-0.4, -0.2) is 15.9 Å². The van der Waals surface area contributed by atoms with E-state index in [1.807, 2.05) is 19.9 Å². The van der Waals surface area contributed by atoms with E-state index >= 15 is 0 Å². The van der Waals surface area contributed by atoms with E-state index in [1.165, 1.54) is 5.56 Å². The molecule has 0 unspecified atom stereocenters. The van der Waals surface area contributed by atoms with E-state index in [1.54, 1.807) is 12.4 Å². The molecule has 4 nitrogen and oxygen atoms in total. The average Bonchev–Trinajstić information content (AvgIpc) is 2.84. The van der Waals surface area contributed by atoms with E-state index < -0.39 is 0 Å². The Labute approximate surface area is 106 Å². The van der Waals surface area contributed by atoms with Crippen LogP contribution >= 0.6 is 0 Å². The number of aromatic amines is 1. The maximum atomic E-state index is 11.8. The summed E-state index contributed by atoms with van der Waals surface area (Å²) in [6.45, 7) is 4.50. The number of imidazole rings is 1. The van der Waals surface area contributed by atoms with E-state index in [0.717, 1.165) is 17.0 Å². The Balaban J connectivity index is 1.92. The van der Waals surface area contributed by atoms with Crippen molar-refractivity contribution in [3.05, 3.63) is 53.1 Å². The summed E-state index contributed by atoms with van der Waals surface area (Å²) in [5, 5.41) is 2.85. The number of amides is 1. The monoisotopic (exact) mass is 243 g/mol. The molecule has 1 amide bonds. The molecule has 0 bridgehead atoms. The molecule has 0 saturated carbocycles. The van der Waals surface area contributed by atoms with E-state index in [9.17, 15) is 4.79 Å². The molecule has 1 heterocycles. The first-order valence-corrected chi connectivity index (χ1v) is 5.96. The molecule has 4 heteroatoms. The largest absolute Gasteiger partial charge is 0.349 e. The number of benzene rings is 1. The molecule has 2 N–H and O–H groups in total. The van der Waals surface area contributed by atoms with Gasteiger partial charge in [-0.3, -0.25) is 4.79 Å². The third-order valence-electron chi connectivity index (χ3n) is 2.86. The number of aromatic nitrogens is 2. The highest BCUT2D eigenvalue weighted by atomic mass is 16.1. The topological polar surface area (TPSA) is 57.8 Å². The van der Waals surface area contributed by atoms with Gasteiger partial charge in [0.25, 0.3) is 0 Å². The Bertz CT molecular complexity index is 532. The molecule has 0 atom stereocenters. The standard InChI is InChI=1S/C14H17N3O/c1-10-3-4-11(2)12(7-10)8-14(18)17-9-13-15-5-6-16-13/h3-7H,8-9H2,1-2H3,(H,15,16)(H,17,18). The zero-order valence-corrected chi connectivity index (χ0v) is 10.7. The van der Waals surface area contributed by atoms with Gasteiger partial charge in [-0.25, -0.2) is 4.98 Å². The minimum absolute atomic E-state index is 0.0140. The van der Waals surface area contributed by atoms with E-state index in [-0.39, 0.29) is 5.91 Å². The van der Waals surface area contributed by atoms with Gasteiger partial charge in [0.15, 0.2) is 0 Å². The number of nitrogens with one attached hydrogen (secondary N) is 2. The van der Waals surface area contributed by atoms with Crippen LogP contribution in [0.1, 0.15) is 22.5 Å². The fourth-order valence-corrected chi connectivity index (χ4v) is 1.80. The predicted octanol–water partition coefficient (Wildman–Crippen LogP) is 1.89. The van der Waals surface area contributed by atoms with Crippen molar-refractivity contribution in [1.29, 1.82) is 0 Å². The molecule has 94 valence electrons. The molecule has 0 aliphatic heterocycles. The number of nitrogens with zero attached hydrogens (tertiary/aromatic N) is 1. The number of hydrogen-bond acceptors (Lipinski definition) is 2. The summed E-state index contributed by atoms with van der Waals surface area (Å²) in [7, 11) is 0. The molecule has 0 saturated heterocycles. The Morgan fingerprint density at radius 1 is 1.39 bits per heavy atom. The molecule has 0 aliphatic carbocycles. The van der Waals surface area contributed by atoms with Crippen molar-refractivity contribution in [3.8, 4) is 0 Å². The number of carbonyl (C=O) groups excluding carboxylic acids is 1. The lowest BCUT2D eigenvalue weighted by molar-refractivity contribution is -0.120. The molecule has 1 aromatic carbocycles. The fourth-order valence-electron chi connectivity index (χ4n) is 1.80. The van der Waals surface area contributed by atoms with E-state index in [4.69, 9.17) is 0 Å². The van der Waals surface area contributed by atoms with Crippen molar-refractivity contribution in [2.45, 2.75) is 26.8 Å². The molecular formula is C14H17N3O. The third-order valence-corrected chi connectivity index (χ3v) is 2.86. The molecule has 18 heavy (non-hydrogen) atoms. The second-order valence-electron chi connectivity index (χ2n) is 4.42. The van der Waals surface area contributed by atoms with Crippen molar-refractivity contribution in [1.82, 2.24) is 15.3 Å². The van der Waals surface area contributed by atoms with E-state index in [2.05, 4.69) is 27.4 Å². The van der Waals surface area contributed by atoms with Gasteiger partial charge in [0.1, 0.15) is 5.82 Å². The van der Waals surface area contributed by atoms with Crippen molar-refractivity contribution < 1.29 is 4.79 Å². The molecule has 1 aromatic heterocycles. The lowest BCUT2D eigenvalue weighted by Gasteiger charge is -2.07. The summed E-state index contributed by atoms with van der Waals surface area (Å²) in [4.78, 5) is 18.8. The molecule has 0 radical (unpaired) electrons. The predicted molar refractivity (Wildman–Crippen MR) is 70.1 cm³/mol. The van der Waals surface area contributed by atoms with Crippen LogP contribution in [0.5, 0.6) is 0 Å². The molecule has 0 spiro atoms. The number of rotatable bonds is 4. The van der Waals surface area contributed by atoms with Crippen LogP contribution in [0.2, 0.25) is 0 Å². The van der Waals surface area contributed by atoms with E-state index in [0.29, 0.717) is 13.0 Å². The minimum atomic E-state index is 0.0140. The van der Waals surface area contributed by atoms with Gasteiger partial charge in [0.2, 0.25) is 5.91 Å². The van der Waals surface area contributed by atoms with Crippen molar-refractivity contribution in [2.24, 2.45) is 0 Å². The fraction of sp³-hybridized carbons (Fsp3) is 0.286. The van der Waals surface area contributed by atoms with Gasteiger partial charge in [-0.05, 0) is 25.0 Å². The van der Waals surface area contributed by atoms with Crippen LogP contribution in [0.25, 0.3) is 0 Å². The molecular weight excluding hydrogens is 226 g/mol. The summed E-state index contributed by atoms with van der Waals surface area (Å²) in [5.74, 6) is 0.782. The second kappa shape index (κ2) is 5.49. The highest BCUT2D eigenvalue weighted by Crippen LogP contribution is 2.11. The minimum Gasteiger partial charge on any atom is -0.349 e. The normalized spacial score (nSPS) is 10.3. The Kier molecular flexibility index (Phi) is 3.77. The number of H-pyrrole nitrogens is 1. The first-order chi connectivity index (χ1) is 8.65. The van der Waals surface area contributed by atoms with Crippen molar-refractivity contribution >= 4 is 5.91 Å². The van der Waals surface area contributed by atoms with Crippen LogP contribution in [0, 0.1) is 13.8 Å². The van der Waals surface area contributed by atoms with Crippen LogP contribution in [0.4, 0.5) is 0 Å². The Morgan fingerprint density at radius 3 is 2.94 bits per heavy atom. The zero-order chi connectivity index (χ0) is 13.0. The lowest BCUT2D eigenvalue weighted by atomic mass is 10.0. The maximum Gasteiger partial charge on any atom is 0.224 e. The third kappa shape index (κ3) is 3.20. The smallest absolute Gasteiger partial charge is 0.224 e. The lowest BCUT2D eigenvalue weighted by Crippen LogP contribution is -2.25. The molecule has 0 fully saturated rings. The van der Waals surface area contributed by atoms with Crippen LogP contribution in [0.15, 0.2) is 30.6 Å². The van der Waals surface area contributed by atoms with Crippen molar-refractivity contribution in [2.75, 3.05) is 0 Å². The van der Waals surface area contributed by atoms with Crippen LogP contribution in [-0.2, 0) is 17.8 Å². The number of hydrogen-bond donors (Lipinski definition) is 2. The zero-order valence-electron chi connectivity index (χ0n) is 10.7. The Hall–Kier alpha value is -2.10. The van der Waals surface area contributed by atoms with Gasteiger partial charge >= 0.3 is 0 Å². The molecule has 0 aliphatic rings. The maximum absolute atomic E-state index is 11.8. The van der Waals surface area contributed by atoms with Gasteiger partial charge in [-0.1, -0.05) is 23.8 Å². The van der Waals surface area contributed by atoms with Gasteiger partial charge in [-0.2, -0.15) is 0 Å². The van der Waals surface area contributed by atoms with Gasteiger partial charge in [-0.15, -0.1) is 0 Å². The second-order valence-corrected chi connectivity index (χ2v) is 4.42. The number of carbonyl (C=O) groups is 1. The summed E-state index contributed by atoms with van der Waals surface area (Å²) in [5.41, 5.74) is 3.40. The quantitative estimate of drug-likeness (QED) is 0.861. The Morgan fingerprint density at radius 2 is 2.22 bits per heavy atom. The SMILES string of the molecule is Cc1ccc(C)c(CC(=O)NCc2ncc[nH]2)c1. The highest BCUT2D eigenvalue weighted by molar-refractivity contribution is 5.78. The average molecular weight is 243 g/mol. The molecule has 2 aromatic rings. The first kappa shape index (κ1) is 12.4. The highest BCUT2D eigenvalue weighted by Gasteiger charge is 2.06. The summed E-state index contributed by atoms with van der Waals surface area (Å²) >= 11 is 0. The van der Waals surface area contributed by atoms with Crippen LogP contribution < -0.4 is 5.32 Å². The first-order valence-electron chi connectivity index (χ1n) is 5.96. The van der Waals surface area contributed by atoms with Gasteiger partial charge < -0.3 is 10.3 Å². The van der Waals surface area contributed by atoms with Crippen LogP contribution in [0.3, 0.4) is 0 Å². The number of aryl methyl sites for hydroxylation is 2. The van der Waals surface area contributed by atoms with Crippen molar-refractivity contribution in [3.63, 3.8) is 0 Å². The summed E-state index contributed by atoms with van der Waals surface area (Å²) < 4.78 is 0. The summed E-state index contributed by atoms with van der Waals surface area (Å²) in [6, 6.07) is 6.16. The van der Waals surface area contributed by atoms with Gasteiger partial charge in [0.05, 0.1) is 13.0 Å². The summed E-state index contributed by atoms with van der Waals surface area (Å²) in [6.07, 6.45) is 3.83. The van der Waals surface area contributed by atoms with Gasteiger partial charge in [0, 0.05) is 12.4 Å². The molecule has 2 rings (SSSR count).